The summed E-state index contributed by atoms with van der Waals surface area (Å²) in [6.07, 6.45) is 0. The summed E-state index contributed by atoms with van der Waals surface area (Å²) in [5.74, 6) is 0. The van der Waals surface area contributed by atoms with Gasteiger partial charge in [-0.3, -0.25) is 0 Å². The monoisotopic (exact) mass is 227 g/mol. The maximum Gasteiger partial charge on any atom is 0.0280 e. The van der Waals surface area contributed by atoms with Crippen molar-refractivity contribution >= 4 is 15.9 Å². The lowest BCUT2D eigenvalue weighted by Crippen LogP contribution is -2.08. The van der Waals surface area contributed by atoms with E-state index in [-0.39, 0.29) is 6.04 Å². The fourth-order valence-electron chi connectivity index (χ4n) is 1.36. The summed E-state index contributed by atoms with van der Waals surface area (Å²) >= 11 is 3.50. The Hall–Kier alpha value is -0.340. The SMILES string of the molecule is Cc1ccc(Br)c(C(C)N)c1C. The molecule has 0 saturated carbocycles. The lowest BCUT2D eigenvalue weighted by molar-refractivity contribution is 0.802. The van der Waals surface area contributed by atoms with Crippen molar-refractivity contribution in [2.75, 3.05) is 0 Å². The van der Waals surface area contributed by atoms with Gasteiger partial charge in [0.25, 0.3) is 0 Å². The Morgan fingerprint density at radius 1 is 1.33 bits per heavy atom. The lowest BCUT2D eigenvalue weighted by Gasteiger charge is -2.14. The molecule has 0 aliphatic heterocycles. The average molecular weight is 228 g/mol. The molecule has 1 aromatic carbocycles. The van der Waals surface area contributed by atoms with Crippen molar-refractivity contribution in [2.24, 2.45) is 5.73 Å². The topological polar surface area (TPSA) is 26.0 Å². The Kier molecular flexibility index (Phi) is 2.91. The smallest absolute Gasteiger partial charge is 0.0280 e. The molecule has 0 amide bonds. The second-order valence-corrected chi connectivity index (χ2v) is 4.05. The van der Waals surface area contributed by atoms with Gasteiger partial charge in [-0.15, -0.1) is 0 Å². The zero-order valence-electron chi connectivity index (χ0n) is 7.69. The van der Waals surface area contributed by atoms with Crippen LogP contribution in [-0.2, 0) is 0 Å². The van der Waals surface area contributed by atoms with Crippen molar-refractivity contribution in [1.82, 2.24) is 0 Å². The predicted molar refractivity (Wildman–Crippen MR) is 56.2 cm³/mol. The van der Waals surface area contributed by atoms with Gasteiger partial charge in [-0.1, -0.05) is 22.0 Å². The summed E-state index contributed by atoms with van der Waals surface area (Å²) in [6.45, 7) is 6.22. The Morgan fingerprint density at radius 2 is 1.92 bits per heavy atom. The molecule has 0 aliphatic rings. The van der Waals surface area contributed by atoms with Gasteiger partial charge < -0.3 is 5.73 Å². The van der Waals surface area contributed by atoms with E-state index in [4.69, 9.17) is 5.73 Å². The highest BCUT2D eigenvalue weighted by molar-refractivity contribution is 9.10. The van der Waals surface area contributed by atoms with Gasteiger partial charge in [0.2, 0.25) is 0 Å². The van der Waals surface area contributed by atoms with Crippen molar-refractivity contribution in [2.45, 2.75) is 26.8 Å². The summed E-state index contributed by atoms with van der Waals surface area (Å²) in [7, 11) is 0. The number of aryl methyl sites for hydroxylation is 1. The minimum atomic E-state index is 0.0966. The molecule has 0 bridgehead atoms. The minimum Gasteiger partial charge on any atom is -0.324 e. The molecule has 2 heteroatoms. The molecular formula is C10H14BrN. The minimum absolute atomic E-state index is 0.0966. The number of halogens is 1. The molecule has 2 N–H and O–H groups in total. The molecule has 0 saturated heterocycles. The lowest BCUT2D eigenvalue weighted by atomic mass is 9.99. The first-order valence-electron chi connectivity index (χ1n) is 4.05. The molecule has 12 heavy (non-hydrogen) atoms. The zero-order valence-corrected chi connectivity index (χ0v) is 9.27. The van der Waals surface area contributed by atoms with Gasteiger partial charge >= 0.3 is 0 Å². The highest BCUT2D eigenvalue weighted by atomic mass is 79.9. The van der Waals surface area contributed by atoms with Crippen LogP contribution in [0.3, 0.4) is 0 Å². The van der Waals surface area contributed by atoms with Crippen LogP contribution in [-0.4, -0.2) is 0 Å². The Labute approximate surface area is 82.1 Å². The first-order chi connectivity index (χ1) is 5.54. The normalized spacial score (nSPS) is 13.1. The van der Waals surface area contributed by atoms with Gasteiger partial charge in [0.15, 0.2) is 0 Å². The van der Waals surface area contributed by atoms with E-state index < -0.39 is 0 Å². The first kappa shape index (κ1) is 9.75. The van der Waals surface area contributed by atoms with Crippen LogP contribution in [0.2, 0.25) is 0 Å². The van der Waals surface area contributed by atoms with Crippen LogP contribution in [0.1, 0.15) is 29.7 Å². The summed E-state index contributed by atoms with van der Waals surface area (Å²) in [4.78, 5) is 0. The summed E-state index contributed by atoms with van der Waals surface area (Å²) < 4.78 is 1.11. The third-order valence-corrected chi connectivity index (χ3v) is 2.88. The van der Waals surface area contributed by atoms with Crippen LogP contribution in [0.4, 0.5) is 0 Å². The van der Waals surface area contributed by atoms with Crippen molar-refractivity contribution in [3.8, 4) is 0 Å². The molecule has 1 rings (SSSR count). The second-order valence-electron chi connectivity index (χ2n) is 3.19. The predicted octanol–water partition coefficient (Wildman–Crippen LogP) is 3.09. The van der Waals surface area contributed by atoms with Crippen molar-refractivity contribution in [3.63, 3.8) is 0 Å². The molecule has 66 valence electrons. The molecular weight excluding hydrogens is 214 g/mol. The van der Waals surface area contributed by atoms with Gasteiger partial charge in [-0.25, -0.2) is 0 Å². The number of rotatable bonds is 1. The van der Waals surface area contributed by atoms with Crippen molar-refractivity contribution in [1.29, 1.82) is 0 Å². The van der Waals surface area contributed by atoms with E-state index in [9.17, 15) is 0 Å². The van der Waals surface area contributed by atoms with Crippen LogP contribution in [0.15, 0.2) is 16.6 Å². The van der Waals surface area contributed by atoms with E-state index in [1.807, 2.05) is 6.92 Å². The molecule has 1 unspecified atom stereocenters. The number of hydrogen-bond donors (Lipinski definition) is 1. The molecule has 0 radical (unpaired) electrons. The maximum absolute atomic E-state index is 5.85. The Balaban J connectivity index is 3.33. The summed E-state index contributed by atoms with van der Waals surface area (Å²) in [5, 5.41) is 0. The molecule has 1 atom stereocenters. The van der Waals surface area contributed by atoms with Crippen molar-refractivity contribution < 1.29 is 0 Å². The second kappa shape index (κ2) is 3.58. The third-order valence-electron chi connectivity index (χ3n) is 2.19. The molecule has 0 spiro atoms. The van der Waals surface area contributed by atoms with Crippen LogP contribution >= 0.6 is 15.9 Å². The van der Waals surface area contributed by atoms with Gasteiger partial charge in [0, 0.05) is 10.5 Å². The zero-order chi connectivity index (χ0) is 9.30. The average Bonchev–Trinajstić information content (AvgIpc) is 1.97. The number of hydrogen-bond acceptors (Lipinski definition) is 1. The largest absolute Gasteiger partial charge is 0.324 e. The van der Waals surface area contributed by atoms with Crippen LogP contribution in [0, 0.1) is 13.8 Å². The summed E-state index contributed by atoms with van der Waals surface area (Å²) in [6, 6.07) is 4.26. The van der Waals surface area contributed by atoms with Crippen LogP contribution in [0.25, 0.3) is 0 Å². The number of nitrogens with two attached hydrogens (primary N) is 1. The molecule has 1 aromatic rings. The van der Waals surface area contributed by atoms with Crippen LogP contribution < -0.4 is 5.73 Å². The highest BCUT2D eigenvalue weighted by Gasteiger charge is 2.09. The van der Waals surface area contributed by atoms with E-state index >= 15 is 0 Å². The van der Waals surface area contributed by atoms with E-state index in [0.29, 0.717) is 0 Å². The molecule has 0 aromatic heterocycles. The third kappa shape index (κ3) is 1.70. The fraction of sp³-hybridized carbons (Fsp3) is 0.400. The first-order valence-corrected chi connectivity index (χ1v) is 4.84. The van der Waals surface area contributed by atoms with E-state index in [0.717, 1.165) is 4.47 Å². The Bertz CT molecular complexity index is 292. The highest BCUT2D eigenvalue weighted by Crippen LogP contribution is 2.27. The maximum atomic E-state index is 5.85. The van der Waals surface area contributed by atoms with Crippen molar-refractivity contribution in [3.05, 3.63) is 33.3 Å². The standard InChI is InChI=1S/C10H14BrN/c1-6-4-5-9(11)10(7(6)2)8(3)12/h4-5,8H,12H2,1-3H3. The number of benzene rings is 1. The van der Waals surface area contributed by atoms with Crippen LogP contribution in [0.5, 0.6) is 0 Å². The van der Waals surface area contributed by atoms with E-state index in [1.54, 1.807) is 0 Å². The van der Waals surface area contributed by atoms with Gasteiger partial charge in [-0.2, -0.15) is 0 Å². The van der Waals surface area contributed by atoms with Gasteiger partial charge in [0.05, 0.1) is 0 Å². The van der Waals surface area contributed by atoms with Gasteiger partial charge in [0.1, 0.15) is 0 Å². The Morgan fingerprint density at radius 3 is 2.33 bits per heavy atom. The fourth-order valence-corrected chi connectivity index (χ4v) is 2.15. The van der Waals surface area contributed by atoms with Gasteiger partial charge in [-0.05, 0) is 43.5 Å². The molecule has 0 aliphatic carbocycles. The van der Waals surface area contributed by atoms with E-state index in [1.165, 1.54) is 16.7 Å². The molecule has 1 nitrogen and oxygen atoms in total. The summed E-state index contributed by atoms with van der Waals surface area (Å²) in [5.41, 5.74) is 9.66. The molecule has 0 fully saturated rings. The molecule has 0 heterocycles. The van der Waals surface area contributed by atoms with E-state index in [2.05, 4.69) is 41.9 Å². The quantitative estimate of drug-likeness (QED) is 0.785.